The van der Waals surface area contributed by atoms with Gasteiger partial charge in [-0.15, -0.1) is 5.10 Å². The van der Waals surface area contributed by atoms with Gasteiger partial charge in [-0.3, -0.25) is 0 Å². The van der Waals surface area contributed by atoms with Crippen LogP contribution in [-0.4, -0.2) is 21.7 Å². The maximum absolute atomic E-state index is 5.46. The largest absolute Gasteiger partial charge is 0.368 e. The fraction of sp³-hybridized carbons (Fsp3) is 0.800. The lowest BCUT2D eigenvalue weighted by Gasteiger charge is -2.14. The first-order valence-corrected chi connectivity index (χ1v) is 5.74. The van der Waals surface area contributed by atoms with Crippen LogP contribution in [0.4, 0.5) is 11.9 Å². The van der Waals surface area contributed by atoms with Gasteiger partial charge < -0.3 is 11.1 Å². The lowest BCUT2D eigenvalue weighted by molar-refractivity contribution is 0.427. The summed E-state index contributed by atoms with van der Waals surface area (Å²) in [6.45, 7) is 1.01. The third-order valence-corrected chi connectivity index (χ3v) is 3.45. The topological polar surface area (TPSA) is 79.6 Å². The second-order valence-corrected chi connectivity index (χ2v) is 4.76. The average molecular weight is 207 g/mol. The van der Waals surface area contributed by atoms with Gasteiger partial charge in [0.25, 0.3) is 0 Å². The van der Waals surface area contributed by atoms with Crippen LogP contribution in [0.1, 0.15) is 25.7 Å². The van der Waals surface area contributed by atoms with E-state index in [1.807, 2.05) is 0 Å². The van der Waals surface area contributed by atoms with Crippen molar-refractivity contribution >= 4 is 11.9 Å². The number of nitrogens with zero attached hydrogens (tertiary/aromatic N) is 2. The standard InChI is InChI=1S/C10H17N5/c11-9-13-10(15-14-9)12-5-8(6-1-2-6)7-3-4-7/h6-8H,1-5H2,(H4,11,12,13,14,15). The molecule has 5 heteroatoms. The molecule has 2 aliphatic rings. The number of nitrogens with one attached hydrogen (secondary N) is 2. The Kier molecular flexibility index (Phi) is 2.04. The van der Waals surface area contributed by atoms with Crippen molar-refractivity contribution in [3.63, 3.8) is 0 Å². The molecule has 2 saturated carbocycles. The molecule has 0 aliphatic heterocycles. The molecule has 1 aromatic rings. The molecule has 0 unspecified atom stereocenters. The number of nitrogen functional groups attached to an aromatic ring is 1. The summed E-state index contributed by atoms with van der Waals surface area (Å²) in [7, 11) is 0. The molecule has 3 rings (SSSR count). The van der Waals surface area contributed by atoms with Gasteiger partial charge in [0, 0.05) is 6.54 Å². The molecule has 15 heavy (non-hydrogen) atoms. The fourth-order valence-corrected chi connectivity index (χ4v) is 2.33. The van der Waals surface area contributed by atoms with E-state index in [0.717, 1.165) is 24.3 Å². The van der Waals surface area contributed by atoms with Crippen LogP contribution in [0.5, 0.6) is 0 Å². The number of H-pyrrole nitrogens is 1. The molecule has 0 radical (unpaired) electrons. The van der Waals surface area contributed by atoms with E-state index in [2.05, 4.69) is 20.5 Å². The van der Waals surface area contributed by atoms with Gasteiger partial charge in [-0.25, -0.2) is 5.10 Å². The summed E-state index contributed by atoms with van der Waals surface area (Å²) in [6, 6.07) is 0. The first-order chi connectivity index (χ1) is 7.33. The van der Waals surface area contributed by atoms with E-state index in [1.165, 1.54) is 25.7 Å². The SMILES string of the molecule is Nc1nc(NCC(C2CC2)C2CC2)n[nH]1. The second-order valence-electron chi connectivity index (χ2n) is 4.76. The first-order valence-electron chi connectivity index (χ1n) is 5.74. The summed E-state index contributed by atoms with van der Waals surface area (Å²) in [5.74, 6) is 3.78. The predicted molar refractivity (Wildman–Crippen MR) is 58.2 cm³/mol. The van der Waals surface area contributed by atoms with Gasteiger partial charge in [0.05, 0.1) is 0 Å². The highest BCUT2D eigenvalue weighted by atomic mass is 15.3. The van der Waals surface area contributed by atoms with E-state index >= 15 is 0 Å². The van der Waals surface area contributed by atoms with E-state index in [9.17, 15) is 0 Å². The van der Waals surface area contributed by atoms with Crippen LogP contribution in [-0.2, 0) is 0 Å². The third-order valence-electron chi connectivity index (χ3n) is 3.45. The number of aromatic amines is 1. The molecule has 1 aromatic heterocycles. The lowest BCUT2D eigenvalue weighted by Crippen LogP contribution is -2.18. The molecule has 0 bridgehead atoms. The highest BCUT2D eigenvalue weighted by molar-refractivity contribution is 5.29. The number of aromatic nitrogens is 3. The molecule has 2 fully saturated rings. The number of hydrogen-bond donors (Lipinski definition) is 3. The van der Waals surface area contributed by atoms with E-state index in [1.54, 1.807) is 0 Å². The minimum atomic E-state index is 0.381. The van der Waals surface area contributed by atoms with Crippen LogP contribution in [0.2, 0.25) is 0 Å². The van der Waals surface area contributed by atoms with E-state index in [-0.39, 0.29) is 0 Å². The van der Waals surface area contributed by atoms with Gasteiger partial charge in [0.1, 0.15) is 0 Å². The van der Waals surface area contributed by atoms with Crippen molar-refractivity contribution in [3.05, 3.63) is 0 Å². The Labute approximate surface area is 88.8 Å². The van der Waals surface area contributed by atoms with E-state index in [0.29, 0.717) is 11.9 Å². The quantitative estimate of drug-likeness (QED) is 0.678. The Balaban J connectivity index is 1.55. The van der Waals surface area contributed by atoms with Crippen molar-refractivity contribution < 1.29 is 0 Å². The van der Waals surface area contributed by atoms with Crippen molar-refractivity contribution in [2.45, 2.75) is 25.7 Å². The van der Waals surface area contributed by atoms with Crippen molar-refractivity contribution in [1.82, 2.24) is 15.2 Å². The minimum Gasteiger partial charge on any atom is -0.368 e. The van der Waals surface area contributed by atoms with Crippen LogP contribution in [0.3, 0.4) is 0 Å². The van der Waals surface area contributed by atoms with Crippen LogP contribution < -0.4 is 11.1 Å². The molecule has 5 nitrogen and oxygen atoms in total. The average Bonchev–Trinajstić information content (AvgIpc) is 3.09. The molecule has 0 atom stereocenters. The summed E-state index contributed by atoms with van der Waals surface area (Å²) < 4.78 is 0. The number of hydrogen-bond acceptors (Lipinski definition) is 4. The molecule has 0 aromatic carbocycles. The van der Waals surface area contributed by atoms with Crippen molar-refractivity contribution in [1.29, 1.82) is 0 Å². The Morgan fingerprint density at radius 3 is 2.47 bits per heavy atom. The molecule has 4 N–H and O–H groups in total. The molecule has 1 heterocycles. The first kappa shape index (κ1) is 9.00. The Morgan fingerprint density at radius 2 is 2.00 bits per heavy atom. The zero-order valence-corrected chi connectivity index (χ0v) is 8.74. The summed E-state index contributed by atoms with van der Waals surface area (Å²) in [4.78, 5) is 4.04. The minimum absolute atomic E-state index is 0.381. The van der Waals surface area contributed by atoms with Crippen LogP contribution >= 0.6 is 0 Å². The fourth-order valence-electron chi connectivity index (χ4n) is 2.33. The number of anilines is 2. The highest BCUT2D eigenvalue weighted by Crippen LogP contribution is 2.49. The Morgan fingerprint density at radius 1 is 1.33 bits per heavy atom. The predicted octanol–water partition coefficient (Wildman–Crippen LogP) is 1.23. The van der Waals surface area contributed by atoms with Crippen LogP contribution in [0, 0.1) is 17.8 Å². The smallest absolute Gasteiger partial charge is 0.243 e. The number of rotatable bonds is 5. The Hall–Kier alpha value is -1.26. The van der Waals surface area contributed by atoms with Crippen molar-refractivity contribution in [3.8, 4) is 0 Å². The molecule has 0 amide bonds. The van der Waals surface area contributed by atoms with Crippen LogP contribution in [0.15, 0.2) is 0 Å². The van der Waals surface area contributed by atoms with Gasteiger partial charge >= 0.3 is 0 Å². The normalized spacial score (nSPS) is 20.9. The summed E-state index contributed by atoms with van der Waals surface area (Å²) in [5.41, 5.74) is 5.46. The van der Waals surface area contributed by atoms with E-state index in [4.69, 9.17) is 5.73 Å². The number of nitrogens with two attached hydrogens (primary N) is 1. The van der Waals surface area contributed by atoms with Gasteiger partial charge in [0.15, 0.2) is 0 Å². The maximum atomic E-state index is 5.46. The molecule has 0 spiro atoms. The highest BCUT2D eigenvalue weighted by Gasteiger charge is 2.41. The van der Waals surface area contributed by atoms with Gasteiger partial charge in [-0.1, -0.05) is 0 Å². The molecule has 82 valence electrons. The zero-order valence-electron chi connectivity index (χ0n) is 8.74. The second kappa shape index (κ2) is 3.40. The maximum Gasteiger partial charge on any atom is 0.243 e. The molecule has 2 aliphatic carbocycles. The lowest BCUT2D eigenvalue weighted by atomic mass is 9.98. The summed E-state index contributed by atoms with van der Waals surface area (Å²) in [6.07, 6.45) is 5.66. The van der Waals surface area contributed by atoms with Gasteiger partial charge in [-0.05, 0) is 43.4 Å². The molecular weight excluding hydrogens is 190 g/mol. The van der Waals surface area contributed by atoms with Crippen molar-refractivity contribution in [2.75, 3.05) is 17.6 Å². The van der Waals surface area contributed by atoms with Crippen LogP contribution in [0.25, 0.3) is 0 Å². The van der Waals surface area contributed by atoms with Gasteiger partial charge in [0.2, 0.25) is 11.9 Å². The monoisotopic (exact) mass is 207 g/mol. The van der Waals surface area contributed by atoms with Crippen molar-refractivity contribution in [2.24, 2.45) is 17.8 Å². The summed E-state index contributed by atoms with van der Waals surface area (Å²) in [5, 5.41) is 9.89. The molecular formula is C10H17N5. The summed E-state index contributed by atoms with van der Waals surface area (Å²) >= 11 is 0. The third kappa shape index (κ3) is 2.06. The Bertz CT molecular complexity index is 327. The molecule has 0 saturated heterocycles. The zero-order chi connectivity index (χ0) is 10.3. The van der Waals surface area contributed by atoms with Gasteiger partial charge in [-0.2, -0.15) is 4.98 Å². The van der Waals surface area contributed by atoms with E-state index < -0.39 is 0 Å².